The zero-order valence-electron chi connectivity index (χ0n) is 17.6. The maximum Gasteiger partial charge on any atom is 0.191 e. The summed E-state index contributed by atoms with van der Waals surface area (Å²) < 4.78 is 11.1. The smallest absolute Gasteiger partial charge is 0.191 e. The lowest BCUT2D eigenvalue weighted by Gasteiger charge is -2.46. The molecule has 1 aliphatic heterocycles. The van der Waals surface area contributed by atoms with Crippen molar-refractivity contribution in [3.63, 3.8) is 0 Å². The van der Waals surface area contributed by atoms with Gasteiger partial charge in [-0.2, -0.15) is 15.8 Å². The molecule has 0 radical (unpaired) electrons. The Morgan fingerprint density at radius 2 is 1.87 bits per heavy atom. The van der Waals surface area contributed by atoms with E-state index in [0.717, 1.165) is 5.57 Å². The third-order valence-corrected chi connectivity index (χ3v) is 6.19. The van der Waals surface area contributed by atoms with Gasteiger partial charge in [0, 0.05) is 36.5 Å². The summed E-state index contributed by atoms with van der Waals surface area (Å²) in [5.74, 6) is 0.0791. The van der Waals surface area contributed by atoms with E-state index in [0.29, 0.717) is 30.2 Å². The van der Waals surface area contributed by atoms with Gasteiger partial charge in [0.1, 0.15) is 6.07 Å². The van der Waals surface area contributed by atoms with E-state index >= 15 is 0 Å². The van der Waals surface area contributed by atoms with Crippen LogP contribution in [-0.4, -0.2) is 38.3 Å². The zero-order valence-corrected chi connectivity index (χ0v) is 17.6. The number of nitrogens with zero attached hydrogens (tertiary/aromatic N) is 4. The van der Waals surface area contributed by atoms with Crippen molar-refractivity contribution in [3.8, 4) is 29.7 Å². The van der Waals surface area contributed by atoms with Crippen LogP contribution in [0.4, 0.5) is 0 Å². The second-order valence-corrected chi connectivity index (χ2v) is 7.81. The van der Waals surface area contributed by atoms with Crippen LogP contribution in [0.3, 0.4) is 0 Å². The van der Waals surface area contributed by atoms with Gasteiger partial charge in [0.25, 0.3) is 0 Å². The number of fused-ring (bicyclic) bond motifs is 1. The largest absolute Gasteiger partial charge is 0.493 e. The first-order valence-electron chi connectivity index (χ1n) is 9.78. The van der Waals surface area contributed by atoms with Crippen LogP contribution in [0.15, 0.2) is 41.1 Å². The van der Waals surface area contributed by atoms with Gasteiger partial charge in [0.15, 0.2) is 16.9 Å². The molecule has 2 atom stereocenters. The second-order valence-electron chi connectivity index (χ2n) is 7.81. The summed E-state index contributed by atoms with van der Waals surface area (Å²) in [4.78, 5) is 2.25. The highest BCUT2D eigenvalue weighted by Crippen LogP contribution is 2.56. The molecule has 0 saturated heterocycles. The third-order valence-electron chi connectivity index (χ3n) is 6.19. The Morgan fingerprint density at radius 1 is 1.17 bits per heavy atom. The quantitative estimate of drug-likeness (QED) is 0.821. The molecule has 2 N–H and O–H groups in total. The minimum absolute atomic E-state index is 0.00497. The first kappa shape index (κ1) is 21.2. The number of hydrogen-bond acceptors (Lipinski definition) is 7. The molecular weight excluding hydrogens is 378 g/mol. The average molecular weight is 403 g/mol. The minimum atomic E-state index is -1.70. The summed E-state index contributed by atoms with van der Waals surface area (Å²) in [6, 6.07) is 12.2. The topological polar surface area (TPSA) is 119 Å². The lowest BCUT2D eigenvalue weighted by molar-refractivity contribution is 0.172. The normalized spacial score (nSPS) is 22.9. The lowest BCUT2D eigenvalue weighted by Crippen LogP contribution is -2.49. The molecule has 7 nitrogen and oxygen atoms in total. The number of methoxy groups -OCH3 is 2. The van der Waals surface area contributed by atoms with Crippen LogP contribution in [0.25, 0.3) is 0 Å². The van der Waals surface area contributed by atoms with E-state index in [2.05, 4.69) is 37.0 Å². The molecule has 0 unspecified atom stereocenters. The predicted molar refractivity (Wildman–Crippen MR) is 111 cm³/mol. The van der Waals surface area contributed by atoms with Crippen molar-refractivity contribution >= 4 is 0 Å². The highest BCUT2D eigenvalue weighted by Gasteiger charge is 2.55. The fraction of sp³-hybridized carbons (Fsp3) is 0.435. The fourth-order valence-electron chi connectivity index (χ4n) is 4.62. The van der Waals surface area contributed by atoms with Crippen molar-refractivity contribution in [3.05, 3.63) is 46.7 Å². The Kier molecular flexibility index (Phi) is 5.74. The highest BCUT2D eigenvalue weighted by atomic mass is 16.5. The number of hydrogen-bond donors (Lipinski definition) is 1. The molecule has 1 aromatic carbocycles. The van der Waals surface area contributed by atoms with Gasteiger partial charge in [0.2, 0.25) is 0 Å². The monoisotopic (exact) mass is 403 g/mol. The molecule has 0 amide bonds. The van der Waals surface area contributed by atoms with E-state index in [1.807, 2.05) is 18.2 Å². The number of ether oxygens (including phenoxy) is 2. The Hall–Kier alpha value is -3.47. The number of nitrogens with two attached hydrogens (primary N) is 1. The summed E-state index contributed by atoms with van der Waals surface area (Å²) >= 11 is 0. The number of nitriles is 3. The van der Waals surface area contributed by atoms with Crippen LogP contribution in [0.1, 0.15) is 25.3 Å². The van der Waals surface area contributed by atoms with Crippen molar-refractivity contribution in [2.75, 3.05) is 27.3 Å². The molecule has 0 aromatic heterocycles. The Bertz CT molecular complexity index is 1020. The van der Waals surface area contributed by atoms with Crippen LogP contribution in [-0.2, 0) is 0 Å². The van der Waals surface area contributed by atoms with E-state index in [1.54, 1.807) is 13.2 Å². The summed E-state index contributed by atoms with van der Waals surface area (Å²) in [6.45, 7) is 5.47. The molecule has 154 valence electrons. The van der Waals surface area contributed by atoms with Gasteiger partial charge in [-0.05, 0) is 25.5 Å². The third kappa shape index (κ3) is 2.98. The molecular formula is C23H25N5O2. The standard InChI is InChI=1S/C23H25N5O2/c1-14(2)28-9-8-15-17(10-24)22(27)23(12-25,13-26)20(18(15)11-28)16-6-5-7-19(29-3)21(16)30-4/h5-8,14,18,20H,9,11,27H2,1-4H3/t18-,20+/m0/s1. The molecule has 30 heavy (non-hydrogen) atoms. The van der Waals surface area contributed by atoms with Gasteiger partial charge in [-0.3, -0.25) is 4.90 Å². The minimum Gasteiger partial charge on any atom is -0.493 e. The summed E-state index contributed by atoms with van der Waals surface area (Å²) in [7, 11) is 3.07. The Morgan fingerprint density at radius 3 is 2.40 bits per heavy atom. The van der Waals surface area contributed by atoms with Crippen molar-refractivity contribution in [1.29, 1.82) is 15.8 Å². The van der Waals surface area contributed by atoms with E-state index < -0.39 is 11.3 Å². The van der Waals surface area contributed by atoms with E-state index in [9.17, 15) is 15.8 Å². The fourth-order valence-corrected chi connectivity index (χ4v) is 4.62. The first-order chi connectivity index (χ1) is 14.4. The summed E-state index contributed by atoms with van der Waals surface area (Å²) in [5, 5.41) is 30.3. The van der Waals surface area contributed by atoms with Crippen LogP contribution in [0, 0.1) is 45.3 Å². The summed E-state index contributed by atoms with van der Waals surface area (Å²) in [6.07, 6.45) is 2.00. The maximum absolute atomic E-state index is 10.2. The van der Waals surface area contributed by atoms with Crippen LogP contribution in [0.2, 0.25) is 0 Å². The highest BCUT2D eigenvalue weighted by molar-refractivity contribution is 5.62. The van der Waals surface area contributed by atoms with E-state index in [4.69, 9.17) is 15.2 Å². The molecule has 3 rings (SSSR count). The number of allylic oxidation sites excluding steroid dienone is 2. The SMILES string of the molecule is COc1cccc([C@@H]2[C@H]3CN(C(C)C)CC=C3C(C#N)=C(N)C2(C#N)C#N)c1OC. The van der Waals surface area contributed by atoms with Crippen LogP contribution < -0.4 is 15.2 Å². The van der Waals surface area contributed by atoms with Gasteiger partial charge >= 0.3 is 0 Å². The molecule has 1 aliphatic carbocycles. The van der Waals surface area contributed by atoms with Crippen molar-refractivity contribution in [2.45, 2.75) is 25.8 Å². The van der Waals surface area contributed by atoms with Gasteiger partial charge in [-0.25, -0.2) is 0 Å². The average Bonchev–Trinajstić information content (AvgIpc) is 2.77. The molecule has 7 heteroatoms. The van der Waals surface area contributed by atoms with Gasteiger partial charge < -0.3 is 15.2 Å². The molecule has 2 aliphatic rings. The van der Waals surface area contributed by atoms with Gasteiger partial charge in [-0.1, -0.05) is 18.2 Å². The van der Waals surface area contributed by atoms with Gasteiger partial charge in [0.05, 0.1) is 37.6 Å². The predicted octanol–water partition coefficient (Wildman–Crippen LogP) is 2.84. The second kappa shape index (κ2) is 8.11. The van der Waals surface area contributed by atoms with Crippen LogP contribution >= 0.6 is 0 Å². The van der Waals surface area contributed by atoms with E-state index in [1.165, 1.54) is 7.11 Å². The molecule has 0 saturated carbocycles. The number of para-hydroxylation sites is 1. The summed E-state index contributed by atoms with van der Waals surface area (Å²) in [5.41, 5.74) is 6.37. The van der Waals surface area contributed by atoms with Crippen molar-refractivity contribution < 1.29 is 9.47 Å². The van der Waals surface area contributed by atoms with Crippen LogP contribution in [0.5, 0.6) is 11.5 Å². The number of rotatable bonds is 4. The van der Waals surface area contributed by atoms with Crippen molar-refractivity contribution in [1.82, 2.24) is 4.90 Å². The number of benzene rings is 1. The Balaban J connectivity index is 2.37. The molecule has 1 aromatic rings. The molecule has 1 heterocycles. The van der Waals surface area contributed by atoms with Gasteiger partial charge in [-0.15, -0.1) is 0 Å². The molecule has 0 bridgehead atoms. The zero-order chi connectivity index (χ0) is 22.1. The maximum atomic E-state index is 10.2. The lowest BCUT2D eigenvalue weighted by atomic mass is 9.58. The molecule has 0 spiro atoms. The molecule has 0 fully saturated rings. The van der Waals surface area contributed by atoms with Crippen molar-refractivity contribution in [2.24, 2.45) is 17.1 Å². The Labute approximate surface area is 177 Å². The first-order valence-corrected chi connectivity index (χ1v) is 9.78. The van der Waals surface area contributed by atoms with E-state index in [-0.39, 0.29) is 23.2 Å².